The summed E-state index contributed by atoms with van der Waals surface area (Å²) in [4.78, 5) is 28.9. The molecule has 3 aliphatic carbocycles. The Morgan fingerprint density at radius 3 is 2.58 bits per heavy atom. The van der Waals surface area contributed by atoms with Crippen molar-refractivity contribution < 1.29 is 24.5 Å². The van der Waals surface area contributed by atoms with Gasteiger partial charge in [0.05, 0.1) is 5.92 Å². The van der Waals surface area contributed by atoms with Crippen LogP contribution in [0.15, 0.2) is 6.07 Å². The topological polar surface area (TPSA) is 102 Å². The number of likely N-dealkylation sites (tertiary alicyclic amines) is 2. The maximum atomic E-state index is 12.1. The number of benzene rings is 1. The zero-order valence-electron chi connectivity index (χ0n) is 21.0. The second-order valence-electron chi connectivity index (χ2n) is 12.2. The SMILES string of the molecule is CC(=O)Nc1cc(O)c2c3c1C[C@@H]1[C@@H]4CC[C@@H](N5CCC(C(=O)O)CC5)[C@H](O2)[C@]34CCN1CC1CC1. The predicted octanol–water partition coefficient (Wildman–Crippen LogP) is 2.97. The first kappa shape index (κ1) is 22.8. The van der Waals surface area contributed by atoms with Crippen molar-refractivity contribution in [2.75, 3.05) is 31.5 Å². The van der Waals surface area contributed by atoms with E-state index in [1.165, 1.54) is 26.3 Å². The Morgan fingerprint density at radius 2 is 1.89 bits per heavy atom. The molecule has 2 saturated heterocycles. The van der Waals surface area contributed by atoms with E-state index in [4.69, 9.17) is 4.74 Å². The molecule has 0 aromatic heterocycles. The van der Waals surface area contributed by atoms with Crippen LogP contribution in [0.4, 0.5) is 5.69 Å². The number of nitrogens with one attached hydrogen (secondary N) is 1. The average molecular weight is 496 g/mol. The van der Waals surface area contributed by atoms with Gasteiger partial charge in [0.1, 0.15) is 6.10 Å². The molecule has 7 rings (SSSR count). The molecule has 2 bridgehead atoms. The largest absolute Gasteiger partial charge is 0.504 e. The number of carbonyl (C=O) groups is 2. The van der Waals surface area contributed by atoms with Crippen LogP contribution >= 0.6 is 0 Å². The van der Waals surface area contributed by atoms with E-state index in [2.05, 4.69) is 15.1 Å². The molecule has 0 radical (unpaired) electrons. The van der Waals surface area contributed by atoms with Gasteiger partial charge in [-0.1, -0.05) is 0 Å². The molecule has 1 aromatic carbocycles. The molecule has 2 saturated carbocycles. The van der Waals surface area contributed by atoms with E-state index in [1.54, 1.807) is 6.07 Å². The standard InChI is InChI=1S/C28H37N3O5/c1-15(32)29-20-13-23(33)25-24-18(20)12-22-19-4-5-21(30-9-6-17(7-10-30)27(34)35)26(36-25)28(19,24)8-11-31(22)14-16-2-3-16/h13,16-17,19,21-22,26,33H,2-12,14H2,1H3,(H,29,32)(H,34,35)/t19-,21+,22+,26-,28-/m0/s1. The van der Waals surface area contributed by atoms with Crippen molar-refractivity contribution in [2.45, 2.75) is 81.9 Å². The maximum Gasteiger partial charge on any atom is 0.306 e. The number of rotatable bonds is 5. The molecule has 194 valence electrons. The molecule has 0 unspecified atom stereocenters. The number of anilines is 1. The lowest BCUT2D eigenvalue weighted by Gasteiger charge is -2.61. The molecular formula is C28H37N3O5. The molecule has 3 N–H and O–H groups in total. The average Bonchev–Trinajstić information content (AvgIpc) is 3.60. The van der Waals surface area contributed by atoms with Gasteiger partial charge in [0.2, 0.25) is 5.91 Å². The van der Waals surface area contributed by atoms with E-state index in [-0.39, 0.29) is 35.1 Å². The zero-order chi connectivity index (χ0) is 24.8. The minimum atomic E-state index is -0.681. The van der Waals surface area contributed by atoms with Gasteiger partial charge in [0.15, 0.2) is 11.5 Å². The first-order valence-corrected chi connectivity index (χ1v) is 13.9. The van der Waals surface area contributed by atoms with Crippen LogP contribution in [0.5, 0.6) is 11.5 Å². The molecule has 1 aromatic rings. The van der Waals surface area contributed by atoms with Gasteiger partial charge in [0.25, 0.3) is 0 Å². The molecule has 1 amide bonds. The zero-order valence-corrected chi connectivity index (χ0v) is 21.0. The number of phenolic OH excluding ortho intramolecular Hbond substituents is 1. The molecule has 8 heteroatoms. The number of carboxylic acid groups (broad SMARTS) is 1. The highest BCUT2D eigenvalue weighted by molar-refractivity contribution is 5.91. The second-order valence-corrected chi connectivity index (χ2v) is 12.2. The minimum absolute atomic E-state index is 0.0456. The van der Waals surface area contributed by atoms with Crippen molar-refractivity contribution >= 4 is 17.6 Å². The fourth-order valence-corrected chi connectivity index (χ4v) is 8.69. The summed E-state index contributed by atoms with van der Waals surface area (Å²) >= 11 is 0. The van der Waals surface area contributed by atoms with Crippen LogP contribution in [0.2, 0.25) is 0 Å². The van der Waals surface area contributed by atoms with Gasteiger partial charge in [-0.05, 0) is 88.4 Å². The number of hydrogen-bond acceptors (Lipinski definition) is 6. The van der Waals surface area contributed by atoms with Crippen molar-refractivity contribution in [2.24, 2.45) is 17.8 Å². The fourth-order valence-electron chi connectivity index (χ4n) is 8.69. The van der Waals surface area contributed by atoms with Crippen molar-refractivity contribution in [3.8, 4) is 11.5 Å². The minimum Gasteiger partial charge on any atom is -0.504 e. The number of amides is 1. The van der Waals surface area contributed by atoms with Crippen LogP contribution < -0.4 is 10.1 Å². The summed E-state index contributed by atoms with van der Waals surface area (Å²) in [6.07, 6.45) is 8.07. The smallest absolute Gasteiger partial charge is 0.306 e. The quantitative estimate of drug-likeness (QED) is 0.577. The first-order valence-electron chi connectivity index (χ1n) is 13.9. The van der Waals surface area contributed by atoms with Gasteiger partial charge in [-0.2, -0.15) is 0 Å². The normalized spacial score (nSPS) is 35.7. The van der Waals surface area contributed by atoms with Gasteiger partial charge < -0.3 is 20.3 Å². The van der Waals surface area contributed by atoms with Crippen molar-refractivity contribution in [3.05, 3.63) is 17.2 Å². The number of phenols is 1. The third-order valence-corrected chi connectivity index (χ3v) is 10.4. The monoisotopic (exact) mass is 495 g/mol. The summed E-state index contributed by atoms with van der Waals surface area (Å²) < 4.78 is 6.80. The number of hydrogen-bond donors (Lipinski definition) is 3. The molecule has 8 nitrogen and oxygen atoms in total. The van der Waals surface area contributed by atoms with Crippen LogP contribution in [0.1, 0.15) is 63.0 Å². The molecule has 36 heavy (non-hydrogen) atoms. The highest BCUT2D eigenvalue weighted by Crippen LogP contribution is 2.65. The Hall–Kier alpha value is -2.32. The van der Waals surface area contributed by atoms with E-state index in [1.807, 2.05) is 0 Å². The molecular weight excluding hydrogens is 458 g/mol. The number of aromatic hydroxyl groups is 1. The Morgan fingerprint density at radius 1 is 1.11 bits per heavy atom. The van der Waals surface area contributed by atoms with Gasteiger partial charge in [-0.3, -0.25) is 19.4 Å². The Labute approximate surface area is 212 Å². The molecule has 6 aliphatic rings. The second kappa shape index (κ2) is 8.09. The Balaban J connectivity index is 1.30. The van der Waals surface area contributed by atoms with E-state index >= 15 is 0 Å². The number of nitrogens with zero attached hydrogens (tertiary/aromatic N) is 2. The lowest BCUT2D eigenvalue weighted by atomic mass is 9.50. The van der Waals surface area contributed by atoms with E-state index in [0.717, 1.165) is 68.0 Å². The number of aliphatic carboxylic acids is 1. The number of piperidine rings is 2. The molecule has 5 atom stereocenters. The molecule has 3 aliphatic heterocycles. The van der Waals surface area contributed by atoms with Crippen molar-refractivity contribution in [3.63, 3.8) is 0 Å². The van der Waals surface area contributed by atoms with Gasteiger partial charge in [-0.15, -0.1) is 0 Å². The third-order valence-electron chi connectivity index (χ3n) is 10.4. The van der Waals surface area contributed by atoms with Crippen LogP contribution in [0.3, 0.4) is 0 Å². The summed E-state index contributed by atoms with van der Waals surface area (Å²) in [6.45, 7) is 5.31. The molecule has 1 spiro atoms. The number of carbonyl (C=O) groups excluding carboxylic acids is 1. The summed E-state index contributed by atoms with van der Waals surface area (Å²) in [5, 5.41) is 23.6. The highest BCUT2D eigenvalue weighted by atomic mass is 16.5. The van der Waals surface area contributed by atoms with Gasteiger partial charge in [-0.25, -0.2) is 0 Å². The van der Waals surface area contributed by atoms with Crippen molar-refractivity contribution in [1.82, 2.24) is 9.80 Å². The Bertz CT molecular complexity index is 1110. The summed E-state index contributed by atoms with van der Waals surface area (Å²) in [6, 6.07) is 2.34. The highest BCUT2D eigenvalue weighted by Gasteiger charge is 2.67. The van der Waals surface area contributed by atoms with Crippen LogP contribution in [0, 0.1) is 17.8 Å². The van der Waals surface area contributed by atoms with Crippen LogP contribution in [-0.2, 0) is 21.4 Å². The van der Waals surface area contributed by atoms with Crippen LogP contribution in [0.25, 0.3) is 0 Å². The first-order chi connectivity index (χ1) is 17.4. The van der Waals surface area contributed by atoms with Gasteiger partial charge >= 0.3 is 5.97 Å². The van der Waals surface area contributed by atoms with E-state index < -0.39 is 5.97 Å². The fraction of sp³-hybridized carbons (Fsp3) is 0.714. The number of carboxylic acids is 1. The van der Waals surface area contributed by atoms with Gasteiger partial charge in [0, 0.05) is 48.3 Å². The van der Waals surface area contributed by atoms with E-state index in [9.17, 15) is 19.8 Å². The summed E-state index contributed by atoms with van der Waals surface area (Å²) in [5.41, 5.74) is 2.90. The van der Waals surface area contributed by atoms with Crippen molar-refractivity contribution in [1.29, 1.82) is 0 Å². The lowest BCUT2D eigenvalue weighted by molar-refractivity contribution is -0.144. The third kappa shape index (κ3) is 3.26. The lowest BCUT2D eigenvalue weighted by Crippen LogP contribution is -2.69. The summed E-state index contributed by atoms with van der Waals surface area (Å²) in [7, 11) is 0. The summed E-state index contributed by atoms with van der Waals surface area (Å²) in [5.74, 6) is 1.01. The predicted molar refractivity (Wildman–Crippen MR) is 133 cm³/mol. The number of ether oxygens (including phenoxy) is 1. The van der Waals surface area contributed by atoms with E-state index in [0.29, 0.717) is 30.6 Å². The molecule has 4 fully saturated rings. The van der Waals surface area contributed by atoms with Crippen LogP contribution in [-0.4, -0.2) is 76.3 Å². The Kier molecular flexibility index (Phi) is 5.13. The maximum absolute atomic E-state index is 12.1. The molecule has 3 heterocycles.